The van der Waals surface area contributed by atoms with Gasteiger partial charge in [0.2, 0.25) is 0 Å². The molecule has 0 aliphatic rings. The Kier molecular flexibility index (Phi) is 1.94. The first-order valence-corrected chi connectivity index (χ1v) is 6.30. The van der Waals surface area contributed by atoms with Gasteiger partial charge in [-0.15, -0.1) is 0 Å². The Morgan fingerprint density at radius 3 is 2.44 bits per heavy atom. The van der Waals surface area contributed by atoms with Gasteiger partial charge in [-0.3, -0.25) is 0 Å². The van der Waals surface area contributed by atoms with Gasteiger partial charge in [-0.05, 0) is 23.6 Å². The van der Waals surface area contributed by atoms with Gasteiger partial charge in [0.1, 0.15) is 0 Å². The fraction of sp³-hybridized carbons (Fsp3) is 0. The second-order valence-electron chi connectivity index (χ2n) is 4.49. The molecule has 4 aromatic rings. The van der Waals surface area contributed by atoms with Crippen LogP contribution in [0.3, 0.4) is 0 Å². The number of H-pyrrole nitrogens is 1. The molecule has 1 nitrogen and oxygen atoms in total. The second kappa shape index (κ2) is 3.50. The number of aromatic nitrogens is 1. The summed E-state index contributed by atoms with van der Waals surface area (Å²) in [6.07, 6.45) is 0. The van der Waals surface area contributed by atoms with Crippen molar-refractivity contribution in [2.45, 2.75) is 0 Å². The van der Waals surface area contributed by atoms with Crippen LogP contribution in [-0.2, 0) is 0 Å². The van der Waals surface area contributed by atoms with Gasteiger partial charge in [-0.1, -0.05) is 48.0 Å². The molecule has 0 saturated carbocycles. The molecule has 0 bridgehead atoms. The molecule has 2 heteroatoms. The van der Waals surface area contributed by atoms with Crippen LogP contribution < -0.4 is 0 Å². The van der Waals surface area contributed by atoms with Crippen LogP contribution in [0.5, 0.6) is 0 Å². The summed E-state index contributed by atoms with van der Waals surface area (Å²) < 4.78 is 0. The molecule has 0 radical (unpaired) electrons. The number of rotatable bonds is 0. The molecule has 1 N–H and O–H groups in total. The van der Waals surface area contributed by atoms with Gasteiger partial charge in [0.05, 0.1) is 0 Å². The Hall–Kier alpha value is -1.99. The first-order chi connectivity index (χ1) is 8.84. The van der Waals surface area contributed by atoms with E-state index in [1.54, 1.807) is 0 Å². The van der Waals surface area contributed by atoms with E-state index in [1.807, 2.05) is 18.2 Å². The first-order valence-electron chi connectivity index (χ1n) is 5.92. The lowest BCUT2D eigenvalue weighted by atomic mass is 10.0. The van der Waals surface area contributed by atoms with Crippen molar-refractivity contribution < 1.29 is 0 Å². The zero-order valence-corrected chi connectivity index (χ0v) is 10.3. The van der Waals surface area contributed by atoms with Crippen molar-refractivity contribution in [3.05, 3.63) is 59.6 Å². The zero-order valence-electron chi connectivity index (χ0n) is 9.57. The Balaban J connectivity index is 2.37. The third-order valence-corrected chi connectivity index (χ3v) is 3.80. The molecule has 4 rings (SSSR count). The Bertz CT molecular complexity index is 889. The number of aromatic amines is 1. The summed E-state index contributed by atoms with van der Waals surface area (Å²) in [4.78, 5) is 3.45. The average molecular weight is 252 g/mol. The van der Waals surface area contributed by atoms with Crippen molar-refractivity contribution in [1.29, 1.82) is 0 Å². The van der Waals surface area contributed by atoms with Crippen LogP contribution >= 0.6 is 11.6 Å². The van der Waals surface area contributed by atoms with E-state index >= 15 is 0 Å². The summed E-state index contributed by atoms with van der Waals surface area (Å²) >= 11 is 6.27. The van der Waals surface area contributed by atoms with Crippen LogP contribution in [-0.4, -0.2) is 4.98 Å². The minimum atomic E-state index is 0.805. The van der Waals surface area contributed by atoms with Crippen molar-refractivity contribution >= 4 is 44.2 Å². The zero-order chi connectivity index (χ0) is 12.1. The van der Waals surface area contributed by atoms with Crippen LogP contribution in [0.2, 0.25) is 5.02 Å². The van der Waals surface area contributed by atoms with E-state index < -0.39 is 0 Å². The quantitative estimate of drug-likeness (QED) is 0.446. The molecule has 18 heavy (non-hydrogen) atoms. The number of para-hydroxylation sites is 1. The Morgan fingerprint density at radius 2 is 1.50 bits per heavy atom. The summed E-state index contributed by atoms with van der Waals surface area (Å²) in [6.45, 7) is 0. The Morgan fingerprint density at radius 1 is 0.667 bits per heavy atom. The minimum Gasteiger partial charge on any atom is -0.354 e. The minimum absolute atomic E-state index is 0.805. The van der Waals surface area contributed by atoms with Crippen molar-refractivity contribution in [3.63, 3.8) is 0 Å². The summed E-state index contributed by atoms with van der Waals surface area (Å²) in [6, 6.07) is 18.6. The largest absolute Gasteiger partial charge is 0.354 e. The number of benzene rings is 3. The molecule has 0 aliphatic carbocycles. The highest BCUT2D eigenvalue weighted by Crippen LogP contribution is 2.34. The monoisotopic (exact) mass is 251 g/mol. The van der Waals surface area contributed by atoms with Crippen LogP contribution in [0.1, 0.15) is 0 Å². The molecular weight excluding hydrogens is 242 g/mol. The molecule has 0 aliphatic heterocycles. The highest BCUT2D eigenvalue weighted by Gasteiger charge is 2.08. The van der Waals surface area contributed by atoms with Crippen LogP contribution in [0, 0.1) is 0 Å². The SMILES string of the molecule is Clc1cccc2c1ccc1[nH]c3ccccc3c12. The number of nitrogens with one attached hydrogen (secondary N) is 1. The van der Waals surface area contributed by atoms with Gasteiger partial charge < -0.3 is 4.98 Å². The number of hydrogen-bond acceptors (Lipinski definition) is 0. The molecule has 0 spiro atoms. The number of fused-ring (bicyclic) bond motifs is 5. The van der Waals surface area contributed by atoms with E-state index in [0.29, 0.717) is 0 Å². The van der Waals surface area contributed by atoms with Gasteiger partial charge in [0.15, 0.2) is 0 Å². The lowest BCUT2D eigenvalue weighted by Gasteiger charge is -2.02. The molecule has 0 atom stereocenters. The molecule has 1 aromatic heterocycles. The second-order valence-corrected chi connectivity index (χ2v) is 4.90. The maximum atomic E-state index is 6.27. The Labute approximate surface area is 109 Å². The fourth-order valence-electron chi connectivity index (χ4n) is 2.67. The lowest BCUT2D eigenvalue weighted by Crippen LogP contribution is -1.76. The van der Waals surface area contributed by atoms with Gasteiger partial charge in [-0.2, -0.15) is 0 Å². The molecule has 1 heterocycles. The van der Waals surface area contributed by atoms with Gasteiger partial charge in [0.25, 0.3) is 0 Å². The molecule has 0 unspecified atom stereocenters. The lowest BCUT2D eigenvalue weighted by molar-refractivity contribution is 1.55. The van der Waals surface area contributed by atoms with E-state index in [2.05, 4.69) is 41.4 Å². The van der Waals surface area contributed by atoms with Gasteiger partial charge in [-0.25, -0.2) is 0 Å². The van der Waals surface area contributed by atoms with E-state index in [0.717, 1.165) is 15.9 Å². The molecule has 86 valence electrons. The molecule has 3 aromatic carbocycles. The molecule has 0 saturated heterocycles. The van der Waals surface area contributed by atoms with E-state index in [-0.39, 0.29) is 0 Å². The first kappa shape index (κ1) is 9.98. The summed E-state index contributed by atoms with van der Waals surface area (Å²) in [5, 5.41) is 5.62. The van der Waals surface area contributed by atoms with E-state index in [1.165, 1.54) is 21.7 Å². The maximum Gasteiger partial charge on any atom is 0.0484 e. The molecular formula is C16H10ClN. The van der Waals surface area contributed by atoms with Crippen molar-refractivity contribution in [2.24, 2.45) is 0 Å². The third-order valence-electron chi connectivity index (χ3n) is 3.47. The molecule has 0 amide bonds. The van der Waals surface area contributed by atoms with Gasteiger partial charge in [0, 0.05) is 32.2 Å². The van der Waals surface area contributed by atoms with E-state index in [4.69, 9.17) is 11.6 Å². The number of hydrogen-bond donors (Lipinski definition) is 1. The summed E-state index contributed by atoms with van der Waals surface area (Å²) in [5.74, 6) is 0. The summed E-state index contributed by atoms with van der Waals surface area (Å²) in [5.41, 5.74) is 2.32. The van der Waals surface area contributed by atoms with Gasteiger partial charge >= 0.3 is 0 Å². The fourth-order valence-corrected chi connectivity index (χ4v) is 2.91. The number of halogens is 1. The van der Waals surface area contributed by atoms with Crippen molar-refractivity contribution in [2.75, 3.05) is 0 Å². The van der Waals surface area contributed by atoms with Crippen LogP contribution in [0.4, 0.5) is 0 Å². The third kappa shape index (κ3) is 1.22. The molecule has 0 fully saturated rings. The maximum absolute atomic E-state index is 6.27. The predicted octanol–water partition coefficient (Wildman–Crippen LogP) is 5.13. The smallest absolute Gasteiger partial charge is 0.0484 e. The standard InChI is InChI=1S/C16H10ClN/c17-13-6-3-5-11-10(13)8-9-15-16(11)12-4-1-2-7-14(12)18-15/h1-9,18H. The highest BCUT2D eigenvalue weighted by molar-refractivity contribution is 6.37. The van der Waals surface area contributed by atoms with Crippen LogP contribution in [0.15, 0.2) is 54.6 Å². The average Bonchev–Trinajstić information content (AvgIpc) is 2.77. The van der Waals surface area contributed by atoms with Crippen LogP contribution in [0.25, 0.3) is 32.6 Å². The normalized spacial score (nSPS) is 11.6. The van der Waals surface area contributed by atoms with E-state index in [9.17, 15) is 0 Å². The van der Waals surface area contributed by atoms with Crippen molar-refractivity contribution in [3.8, 4) is 0 Å². The highest BCUT2D eigenvalue weighted by atomic mass is 35.5. The summed E-state index contributed by atoms with van der Waals surface area (Å²) in [7, 11) is 0. The topological polar surface area (TPSA) is 15.8 Å². The van der Waals surface area contributed by atoms with Crippen molar-refractivity contribution in [1.82, 2.24) is 4.98 Å². The predicted molar refractivity (Wildman–Crippen MR) is 78.3 cm³/mol.